The summed E-state index contributed by atoms with van der Waals surface area (Å²) in [5, 5.41) is 0. The van der Waals surface area contributed by atoms with Crippen LogP contribution in [0.3, 0.4) is 0 Å². The van der Waals surface area contributed by atoms with E-state index in [0.717, 1.165) is 18.8 Å². The molecule has 0 radical (unpaired) electrons. The third kappa shape index (κ3) is 17.5. The van der Waals surface area contributed by atoms with Gasteiger partial charge in [0.25, 0.3) is 0 Å². The normalized spacial score (nSPS) is 11.4. The highest BCUT2D eigenvalue weighted by Crippen LogP contribution is 2.29. The average Bonchev–Trinajstić information content (AvgIpc) is 3.11. The summed E-state index contributed by atoms with van der Waals surface area (Å²) in [6.07, 6.45) is 17.5. The molecule has 1 unspecified atom stereocenters. The van der Waals surface area contributed by atoms with Crippen LogP contribution in [0.15, 0.2) is 146 Å². The summed E-state index contributed by atoms with van der Waals surface area (Å²) < 4.78 is 0. The number of hydrogen-bond donors (Lipinski definition) is 0. The van der Waals surface area contributed by atoms with Crippen molar-refractivity contribution >= 4 is 0 Å². The van der Waals surface area contributed by atoms with Crippen molar-refractivity contribution in [3.8, 4) is 0 Å². The van der Waals surface area contributed by atoms with E-state index in [9.17, 15) is 0 Å². The lowest BCUT2D eigenvalue weighted by Gasteiger charge is -2.24. The molecule has 47 heavy (non-hydrogen) atoms. The number of hydrogen-bond acceptors (Lipinski definition) is 1. The van der Waals surface area contributed by atoms with Crippen LogP contribution >= 0.6 is 0 Å². The zero-order valence-corrected chi connectivity index (χ0v) is 29.7. The van der Waals surface area contributed by atoms with Gasteiger partial charge in [-0.05, 0) is 109 Å². The van der Waals surface area contributed by atoms with Crippen LogP contribution in [0.2, 0.25) is 0 Å². The molecule has 1 atom stereocenters. The Morgan fingerprint density at radius 2 is 0.936 bits per heavy atom. The summed E-state index contributed by atoms with van der Waals surface area (Å²) in [7, 11) is 0. The van der Waals surface area contributed by atoms with Gasteiger partial charge >= 0.3 is 0 Å². The van der Waals surface area contributed by atoms with Gasteiger partial charge in [-0.1, -0.05) is 162 Å². The second-order valence-electron chi connectivity index (χ2n) is 13.7. The van der Waals surface area contributed by atoms with E-state index >= 15 is 0 Å². The first-order valence-corrected chi connectivity index (χ1v) is 18.0. The Kier molecular flexibility index (Phi) is 18.0. The standard InChI is InChI=1S/C20H27N.C18H22.C8H10/c1-20(2,14-6-11-18-9-4-3-5-10-18)15-7-12-19-13-8-16-21-17-19;1-16(15-18-12-6-3-7-13-18)9-8-14-17-10-4-2-5-11-17;1-2-8-6-4-3-5-7-8/h3-5,8-10,13,16-17H,6-7,11-12,14-15H2,1-2H3;2-7,10-13,16H,8-9,14-15H2,1H3;3-7H,2H2,1H3. The maximum absolute atomic E-state index is 4.18. The summed E-state index contributed by atoms with van der Waals surface area (Å²) >= 11 is 0. The Morgan fingerprint density at radius 1 is 0.511 bits per heavy atom. The van der Waals surface area contributed by atoms with Crippen LogP contribution in [0, 0.1) is 11.3 Å². The van der Waals surface area contributed by atoms with Gasteiger partial charge in [-0.3, -0.25) is 4.98 Å². The fraction of sp³-hybridized carbons (Fsp3) is 0.370. The molecule has 248 valence electrons. The Hall–Kier alpha value is -3.97. The van der Waals surface area contributed by atoms with E-state index in [-0.39, 0.29) is 0 Å². The number of nitrogens with zero attached hydrogens (tertiary/aromatic N) is 1. The summed E-state index contributed by atoms with van der Waals surface area (Å²) in [5.74, 6) is 0.774. The SMILES string of the molecule is CC(C)(CCCc1ccccc1)CCCc1cccnc1.CC(CCCc1ccccc1)Cc1ccccc1.CCc1ccccc1. The van der Waals surface area contributed by atoms with Gasteiger partial charge in [-0.2, -0.15) is 0 Å². The lowest BCUT2D eigenvalue weighted by Crippen LogP contribution is -2.12. The molecule has 0 saturated heterocycles. The molecule has 0 aliphatic rings. The van der Waals surface area contributed by atoms with Gasteiger partial charge in [0.05, 0.1) is 0 Å². The van der Waals surface area contributed by atoms with Crippen molar-refractivity contribution in [1.29, 1.82) is 0 Å². The Balaban J connectivity index is 0.000000209. The van der Waals surface area contributed by atoms with Crippen molar-refractivity contribution in [3.63, 3.8) is 0 Å². The molecule has 0 bridgehead atoms. The quantitative estimate of drug-likeness (QED) is 0.113. The van der Waals surface area contributed by atoms with Crippen molar-refractivity contribution in [2.45, 2.75) is 98.3 Å². The predicted octanol–water partition coefficient (Wildman–Crippen LogP) is 12.6. The van der Waals surface area contributed by atoms with Crippen LogP contribution in [0.4, 0.5) is 0 Å². The molecule has 0 aliphatic carbocycles. The van der Waals surface area contributed by atoms with Crippen molar-refractivity contribution in [2.24, 2.45) is 11.3 Å². The molecule has 0 saturated carbocycles. The maximum Gasteiger partial charge on any atom is 0.0299 e. The molecule has 5 aromatic rings. The number of aryl methyl sites for hydroxylation is 4. The van der Waals surface area contributed by atoms with Gasteiger partial charge < -0.3 is 0 Å². The minimum Gasteiger partial charge on any atom is -0.264 e. The van der Waals surface area contributed by atoms with Gasteiger partial charge in [-0.25, -0.2) is 0 Å². The van der Waals surface area contributed by atoms with Crippen LogP contribution in [-0.4, -0.2) is 4.98 Å². The molecular formula is C46H59N. The molecule has 1 heterocycles. The fourth-order valence-electron chi connectivity index (χ4n) is 5.99. The highest BCUT2D eigenvalue weighted by atomic mass is 14.6. The van der Waals surface area contributed by atoms with E-state index in [1.165, 1.54) is 85.6 Å². The van der Waals surface area contributed by atoms with Gasteiger partial charge in [0.2, 0.25) is 0 Å². The largest absolute Gasteiger partial charge is 0.264 e. The molecule has 0 spiro atoms. The second kappa shape index (κ2) is 22.5. The van der Waals surface area contributed by atoms with Crippen LogP contribution in [0.25, 0.3) is 0 Å². The Labute approximate surface area is 287 Å². The molecule has 0 amide bonds. The first-order valence-electron chi connectivity index (χ1n) is 18.0. The minimum atomic E-state index is 0.441. The van der Waals surface area contributed by atoms with E-state index in [1.807, 2.05) is 24.5 Å². The molecule has 1 heteroatoms. The third-order valence-corrected chi connectivity index (χ3v) is 8.89. The van der Waals surface area contributed by atoms with Crippen molar-refractivity contribution in [2.75, 3.05) is 0 Å². The Bertz CT molecular complexity index is 1370. The zero-order valence-electron chi connectivity index (χ0n) is 29.7. The van der Waals surface area contributed by atoms with Crippen LogP contribution in [0.1, 0.15) is 94.0 Å². The summed E-state index contributed by atoms with van der Waals surface area (Å²) in [4.78, 5) is 4.18. The van der Waals surface area contributed by atoms with E-state index in [4.69, 9.17) is 0 Å². The molecule has 1 aromatic heterocycles. The van der Waals surface area contributed by atoms with E-state index in [1.54, 1.807) is 0 Å². The number of rotatable bonds is 15. The number of benzene rings is 4. The lowest BCUT2D eigenvalue weighted by molar-refractivity contribution is 0.291. The maximum atomic E-state index is 4.18. The summed E-state index contributed by atoms with van der Waals surface area (Å²) in [5.41, 5.74) is 7.60. The van der Waals surface area contributed by atoms with Crippen molar-refractivity contribution in [3.05, 3.63) is 174 Å². The number of aromatic nitrogens is 1. The van der Waals surface area contributed by atoms with Gasteiger partial charge in [0.15, 0.2) is 0 Å². The van der Waals surface area contributed by atoms with E-state index < -0.39 is 0 Å². The molecule has 5 rings (SSSR count). The molecule has 0 N–H and O–H groups in total. The predicted molar refractivity (Wildman–Crippen MR) is 205 cm³/mol. The first kappa shape index (κ1) is 37.5. The van der Waals surface area contributed by atoms with Crippen LogP contribution in [-0.2, 0) is 32.1 Å². The van der Waals surface area contributed by atoms with Crippen molar-refractivity contribution in [1.82, 2.24) is 4.98 Å². The first-order chi connectivity index (χ1) is 22.9. The monoisotopic (exact) mass is 625 g/mol. The van der Waals surface area contributed by atoms with E-state index in [2.05, 4.69) is 154 Å². The highest BCUT2D eigenvalue weighted by molar-refractivity contribution is 5.17. The van der Waals surface area contributed by atoms with E-state index in [0.29, 0.717) is 5.41 Å². The average molecular weight is 626 g/mol. The second-order valence-corrected chi connectivity index (χ2v) is 13.7. The molecule has 0 fully saturated rings. The molecule has 1 nitrogen and oxygen atoms in total. The fourth-order valence-corrected chi connectivity index (χ4v) is 5.99. The highest BCUT2D eigenvalue weighted by Gasteiger charge is 2.17. The molecular weight excluding hydrogens is 567 g/mol. The summed E-state index contributed by atoms with van der Waals surface area (Å²) in [6, 6.07) is 47.1. The smallest absolute Gasteiger partial charge is 0.0299 e. The van der Waals surface area contributed by atoms with Gasteiger partial charge in [0.1, 0.15) is 0 Å². The molecule has 0 aliphatic heterocycles. The van der Waals surface area contributed by atoms with Crippen LogP contribution < -0.4 is 0 Å². The minimum absolute atomic E-state index is 0.441. The molecule has 4 aromatic carbocycles. The topological polar surface area (TPSA) is 12.9 Å². The Morgan fingerprint density at radius 3 is 1.38 bits per heavy atom. The van der Waals surface area contributed by atoms with Crippen LogP contribution in [0.5, 0.6) is 0 Å². The zero-order chi connectivity index (χ0) is 33.4. The van der Waals surface area contributed by atoms with Crippen molar-refractivity contribution < 1.29 is 0 Å². The number of pyridine rings is 1. The van der Waals surface area contributed by atoms with Gasteiger partial charge in [-0.15, -0.1) is 0 Å². The van der Waals surface area contributed by atoms with Gasteiger partial charge in [0, 0.05) is 12.4 Å². The summed E-state index contributed by atoms with van der Waals surface area (Å²) in [6.45, 7) is 9.33. The lowest BCUT2D eigenvalue weighted by atomic mass is 9.81. The third-order valence-electron chi connectivity index (χ3n) is 8.89.